The maximum absolute atomic E-state index is 12.0. The van der Waals surface area contributed by atoms with Crippen molar-refractivity contribution in [2.24, 2.45) is 5.92 Å². The van der Waals surface area contributed by atoms with Gasteiger partial charge >= 0.3 is 0 Å². The number of ether oxygens (including phenoxy) is 1. The molecule has 1 aliphatic heterocycles. The highest BCUT2D eigenvalue weighted by Gasteiger charge is 2.26. The summed E-state index contributed by atoms with van der Waals surface area (Å²) in [6, 6.07) is 8.07. The van der Waals surface area contributed by atoms with Crippen LogP contribution in [-0.4, -0.2) is 30.5 Å². The summed E-state index contributed by atoms with van der Waals surface area (Å²) in [5.74, 6) is 0.254. The van der Waals surface area contributed by atoms with E-state index in [0.717, 1.165) is 10.0 Å². The predicted molar refractivity (Wildman–Crippen MR) is 74.3 cm³/mol. The maximum atomic E-state index is 12.0. The van der Waals surface area contributed by atoms with E-state index in [-0.39, 0.29) is 17.9 Å². The molecule has 1 aromatic rings. The van der Waals surface area contributed by atoms with Crippen molar-refractivity contribution in [2.75, 3.05) is 19.7 Å². The Morgan fingerprint density at radius 1 is 1.50 bits per heavy atom. The number of benzene rings is 1. The number of morpholine rings is 1. The molecule has 0 saturated carbocycles. The van der Waals surface area contributed by atoms with Crippen LogP contribution in [0.1, 0.15) is 25.5 Å². The summed E-state index contributed by atoms with van der Waals surface area (Å²) in [4.78, 5) is 13.9. The molecule has 3 nitrogen and oxygen atoms in total. The molecule has 4 heteroatoms. The van der Waals surface area contributed by atoms with Crippen LogP contribution in [0.3, 0.4) is 0 Å². The molecule has 0 aromatic heterocycles. The molecule has 1 amide bonds. The second kappa shape index (κ2) is 5.85. The van der Waals surface area contributed by atoms with Gasteiger partial charge in [0.25, 0.3) is 0 Å². The molecule has 1 fully saturated rings. The monoisotopic (exact) mass is 311 g/mol. The number of hydrogen-bond donors (Lipinski definition) is 0. The Labute approximate surface area is 116 Å². The fourth-order valence-electron chi connectivity index (χ4n) is 2.12. The van der Waals surface area contributed by atoms with Gasteiger partial charge in [-0.15, -0.1) is 0 Å². The number of hydrogen-bond acceptors (Lipinski definition) is 2. The van der Waals surface area contributed by atoms with Crippen molar-refractivity contribution in [3.05, 3.63) is 34.3 Å². The van der Waals surface area contributed by atoms with Gasteiger partial charge in [-0.05, 0) is 17.7 Å². The number of halogens is 1. The smallest absolute Gasteiger partial charge is 0.225 e. The third-order valence-electron chi connectivity index (χ3n) is 3.09. The molecule has 0 radical (unpaired) electrons. The molecular weight excluding hydrogens is 294 g/mol. The minimum Gasteiger partial charge on any atom is -0.370 e. The summed E-state index contributed by atoms with van der Waals surface area (Å²) >= 11 is 3.46. The molecule has 1 aromatic carbocycles. The van der Waals surface area contributed by atoms with Gasteiger partial charge in [-0.2, -0.15) is 0 Å². The highest BCUT2D eigenvalue weighted by molar-refractivity contribution is 9.10. The van der Waals surface area contributed by atoms with Crippen molar-refractivity contribution >= 4 is 21.8 Å². The average Bonchev–Trinajstić information content (AvgIpc) is 2.38. The molecule has 1 heterocycles. The lowest BCUT2D eigenvalue weighted by Gasteiger charge is -2.34. The van der Waals surface area contributed by atoms with Crippen LogP contribution < -0.4 is 0 Å². The van der Waals surface area contributed by atoms with Gasteiger partial charge in [-0.1, -0.05) is 41.9 Å². The van der Waals surface area contributed by atoms with Gasteiger partial charge in [0.1, 0.15) is 6.10 Å². The van der Waals surface area contributed by atoms with Gasteiger partial charge in [0.2, 0.25) is 5.91 Å². The lowest BCUT2D eigenvalue weighted by atomic mass is 10.1. The van der Waals surface area contributed by atoms with Crippen LogP contribution in [-0.2, 0) is 9.53 Å². The van der Waals surface area contributed by atoms with E-state index in [4.69, 9.17) is 4.74 Å². The molecular formula is C14H18BrNO2. The molecule has 0 spiro atoms. The standard InChI is InChI=1S/C14H18BrNO2/c1-10(2)14(17)16-6-7-18-13(9-16)11-4-3-5-12(15)8-11/h3-5,8,10,13H,6-7,9H2,1-2H3. The molecule has 1 saturated heterocycles. The van der Waals surface area contributed by atoms with Crippen LogP contribution in [0.5, 0.6) is 0 Å². The Morgan fingerprint density at radius 2 is 2.28 bits per heavy atom. The third kappa shape index (κ3) is 3.12. The van der Waals surface area contributed by atoms with E-state index < -0.39 is 0 Å². The molecule has 18 heavy (non-hydrogen) atoms. The van der Waals surface area contributed by atoms with E-state index in [2.05, 4.69) is 15.9 Å². The Morgan fingerprint density at radius 3 is 2.94 bits per heavy atom. The number of carbonyl (C=O) groups is 1. The van der Waals surface area contributed by atoms with Crippen LogP contribution in [0.15, 0.2) is 28.7 Å². The van der Waals surface area contributed by atoms with Crippen LogP contribution >= 0.6 is 15.9 Å². The Bertz CT molecular complexity index is 434. The van der Waals surface area contributed by atoms with Crippen molar-refractivity contribution in [1.82, 2.24) is 4.90 Å². The highest BCUT2D eigenvalue weighted by Crippen LogP contribution is 2.25. The summed E-state index contributed by atoms with van der Waals surface area (Å²) < 4.78 is 6.80. The van der Waals surface area contributed by atoms with E-state index in [9.17, 15) is 4.79 Å². The molecule has 98 valence electrons. The van der Waals surface area contributed by atoms with Crippen LogP contribution in [0, 0.1) is 5.92 Å². The number of amides is 1. The average molecular weight is 312 g/mol. The largest absolute Gasteiger partial charge is 0.370 e. The molecule has 1 aliphatic rings. The van der Waals surface area contributed by atoms with E-state index in [0.29, 0.717) is 19.7 Å². The topological polar surface area (TPSA) is 29.5 Å². The SMILES string of the molecule is CC(C)C(=O)N1CCOC(c2cccc(Br)c2)C1. The summed E-state index contributed by atoms with van der Waals surface area (Å²) in [6.07, 6.45) is -0.0149. The van der Waals surface area contributed by atoms with Gasteiger partial charge in [0.15, 0.2) is 0 Å². The van der Waals surface area contributed by atoms with Crippen LogP contribution in [0.2, 0.25) is 0 Å². The Balaban J connectivity index is 2.09. The summed E-state index contributed by atoms with van der Waals surface area (Å²) in [7, 11) is 0. The number of nitrogens with zero attached hydrogens (tertiary/aromatic N) is 1. The van der Waals surface area contributed by atoms with Gasteiger partial charge in [0.05, 0.1) is 13.2 Å². The van der Waals surface area contributed by atoms with Crippen molar-refractivity contribution < 1.29 is 9.53 Å². The quantitative estimate of drug-likeness (QED) is 0.840. The Kier molecular flexibility index (Phi) is 4.40. The first kappa shape index (κ1) is 13.6. The van der Waals surface area contributed by atoms with Crippen molar-refractivity contribution in [3.63, 3.8) is 0 Å². The Hall–Kier alpha value is -0.870. The zero-order valence-electron chi connectivity index (χ0n) is 10.7. The van der Waals surface area contributed by atoms with Crippen LogP contribution in [0.4, 0.5) is 0 Å². The number of carbonyl (C=O) groups excluding carboxylic acids is 1. The minimum absolute atomic E-state index is 0.0149. The first-order valence-electron chi connectivity index (χ1n) is 6.24. The molecule has 2 rings (SSSR count). The van der Waals surface area contributed by atoms with Crippen molar-refractivity contribution in [3.8, 4) is 0 Å². The van der Waals surface area contributed by atoms with Gasteiger partial charge in [-0.25, -0.2) is 0 Å². The lowest BCUT2D eigenvalue weighted by Crippen LogP contribution is -2.44. The van der Waals surface area contributed by atoms with E-state index in [1.165, 1.54) is 0 Å². The van der Waals surface area contributed by atoms with Gasteiger partial charge in [-0.3, -0.25) is 4.79 Å². The maximum Gasteiger partial charge on any atom is 0.225 e. The summed E-state index contributed by atoms with van der Waals surface area (Å²) in [5.41, 5.74) is 1.12. The first-order valence-corrected chi connectivity index (χ1v) is 7.03. The summed E-state index contributed by atoms with van der Waals surface area (Å²) in [6.45, 7) is 5.82. The predicted octanol–water partition coefficient (Wildman–Crippen LogP) is 3.01. The third-order valence-corrected chi connectivity index (χ3v) is 3.59. The lowest BCUT2D eigenvalue weighted by molar-refractivity contribution is -0.142. The first-order chi connectivity index (χ1) is 8.58. The molecule has 0 bridgehead atoms. The fourth-order valence-corrected chi connectivity index (χ4v) is 2.54. The van der Waals surface area contributed by atoms with E-state index >= 15 is 0 Å². The normalized spacial score (nSPS) is 20.2. The molecule has 1 atom stereocenters. The fraction of sp³-hybridized carbons (Fsp3) is 0.500. The molecule has 0 N–H and O–H groups in total. The minimum atomic E-state index is -0.0149. The zero-order chi connectivity index (χ0) is 13.1. The highest BCUT2D eigenvalue weighted by atomic mass is 79.9. The van der Waals surface area contributed by atoms with Gasteiger partial charge in [0, 0.05) is 16.9 Å². The van der Waals surface area contributed by atoms with E-state index in [1.807, 2.05) is 43.0 Å². The van der Waals surface area contributed by atoms with Gasteiger partial charge < -0.3 is 9.64 Å². The second-order valence-corrected chi connectivity index (χ2v) is 5.77. The molecule has 0 aliphatic carbocycles. The zero-order valence-corrected chi connectivity index (χ0v) is 12.3. The molecule has 1 unspecified atom stereocenters. The summed E-state index contributed by atoms with van der Waals surface area (Å²) in [5, 5.41) is 0. The van der Waals surface area contributed by atoms with Crippen LogP contribution in [0.25, 0.3) is 0 Å². The second-order valence-electron chi connectivity index (χ2n) is 4.85. The van der Waals surface area contributed by atoms with E-state index in [1.54, 1.807) is 0 Å². The number of rotatable bonds is 2. The van der Waals surface area contributed by atoms with Crippen molar-refractivity contribution in [1.29, 1.82) is 0 Å². The van der Waals surface area contributed by atoms with Crippen molar-refractivity contribution in [2.45, 2.75) is 20.0 Å².